The molecule has 0 unspecified atom stereocenters. The number of rotatable bonds is 9. The summed E-state index contributed by atoms with van der Waals surface area (Å²) in [4.78, 5) is 24.7. The summed E-state index contributed by atoms with van der Waals surface area (Å²) in [5, 5.41) is 11.5. The first-order valence-corrected chi connectivity index (χ1v) is 7.44. The fourth-order valence-corrected chi connectivity index (χ4v) is 2.18. The highest BCUT2D eigenvalue weighted by molar-refractivity contribution is 6.17. The molecule has 0 spiro atoms. The van der Waals surface area contributed by atoms with Crippen LogP contribution in [0.15, 0.2) is 30.0 Å². The molecule has 0 bridgehead atoms. The Labute approximate surface area is 138 Å². The number of hydrogen-bond donors (Lipinski definition) is 2. The number of anilines is 1. The van der Waals surface area contributed by atoms with Crippen LogP contribution in [-0.4, -0.2) is 55.3 Å². The molecule has 0 atom stereocenters. The Balaban J connectivity index is 2.13. The second kappa shape index (κ2) is 8.42. The van der Waals surface area contributed by atoms with E-state index in [-0.39, 0.29) is 30.3 Å². The third-order valence-corrected chi connectivity index (χ3v) is 3.32. The zero-order valence-corrected chi connectivity index (χ0v) is 13.3. The number of nitrogens with one attached hydrogen (secondary N) is 1. The molecule has 8 heteroatoms. The van der Waals surface area contributed by atoms with Crippen LogP contribution in [0, 0.1) is 5.82 Å². The molecule has 0 radical (unpaired) electrons. The number of hydrogen-bond acceptors (Lipinski definition) is 6. The molecule has 2 rings (SSSR count). The third-order valence-electron chi connectivity index (χ3n) is 3.32. The van der Waals surface area contributed by atoms with Crippen molar-refractivity contribution in [2.45, 2.75) is 6.42 Å². The van der Waals surface area contributed by atoms with Gasteiger partial charge < -0.3 is 19.9 Å². The highest BCUT2D eigenvalue weighted by Crippen LogP contribution is 2.30. The van der Waals surface area contributed by atoms with Crippen LogP contribution in [0.3, 0.4) is 0 Å². The Morgan fingerprint density at radius 1 is 1.29 bits per heavy atom. The van der Waals surface area contributed by atoms with E-state index in [1.165, 1.54) is 12.1 Å². The summed E-state index contributed by atoms with van der Waals surface area (Å²) >= 11 is 0. The Morgan fingerprint density at radius 2 is 2.08 bits per heavy atom. The number of para-hydroxylation sites is 1. The van der Waals surface area contributed by atoms with Crippen molar-refractivity contribution in [3.63, 3.8) is 0 Å². The molecule has 0 fully saturated rings. The van der Waals surface area contributed by atoms with E-state index in [4.69, 9.17) is 14.6 Å². The summed E-state index contributed by atoms with van der Waals surface area (Å²) in [6, 6.07) is 4.27. The molecule has 0 aromatic heterocycles. The second-order valence-electron chi connectivity index (χ2n) is 5.01. The number of methoxy groups -OCH3 is 1. The minimum Gasteiger partial charge on any atom is -0.491 e. The summed E-state index contributed by atoms with van der Waals surface area (Å²) in [5.74, 6) is -1.56. The number of carbonyl (C=O) groups is 2. The topological polar surface area (TPSA) is 88.1 Å². The third kappa shape index (κ3) is 4.09. The van der Waals surface area contributed by atoms with E-state index < -0.39 is 17.6 Å². The van der Waals surface area contributed by atoms with Crippen molar-refractivity contribution in [2.24, 2.45) is 0 Å². The molecule has 1 aliphatic rings. The Morgan fingerprint density at radius 3 is 2.79 bits per heavy atom. The van der Waals surface area contributed by atoms with Crippen LogP contribution in [0.5, 0.6) is 5.75 Å². The maximum absolute atomic E-state index is 14.1. The molecule has 0 saturated carbocycles. The van der Waals surface area contributed by atoms with Gasteiger partial charge in [-0.05, 0) is 12.1 Å². The Kier molecular flexibility index (Phi) is 6.28. The monoisotopic (exact) mass is 338 g/mol. The zero-order valence-electron chi connectivity index (χ0n) is 13.3. The lowest BCUT2D eigenvalue weighted by molar-refractivity contribution is -0.137. The van der Waals surface area contributed by atoms with Crippen LogP contribution >= 0.6 is 0 Å². The van der Waals surface area contributed by atoms with E-state index in [9.17, 15) is 14.0 Å². The summed E-state index contributed by atoms with van der Waals surface area (Å²) in [6.07, 6.45) is 1.69. The molecular weight excluding hydrogens is 319 g/mol. The lowest BCUT2D eigenvalue weighted by Gasteiger charge is -2.16. The highest BCUT2D eigenvalue weighted by atomic mass is 19.1. The molecule has 7 nitrogen and oxygen atoms in total. The molecule has 24 heavy (non-hydrogen) atoms. The number of amides is 2. The standard InChI is InChI=1S/C16H19FN2O5/c1-23-8-3-9-24-13-5-2-4-11(17)15(13)18-12-10-14(21)19(6-7-20)16(12)22/h2,4-5,10,18,20H,3,6-9H2,1H3. The number of aliphatic hydroxyl groups excluding tert-OH is 1. The predicted octanol–water partition coefficient (Wildman–Crippen LogP) is 0.898. The zero-order chi connectivity index (χ0) is 17.5. The predicted molar refractivity (Wildman–Crippen MR) is 83.9 cm³/mol. The van der Waals surface area contributed by atoms with Gasteiger partial charge in [0, 0.05) is 26.2 Å². The van der Waals surface area contributed by atoms with E-state index in [0.29, 0.717) is 19.6 Å². The smallest absolute Gasteiger partial charge is 0.277 e. The molecule has 0 aliphatic carbocycles. The molecule has 2 N–H and O–H groups in total. The largest absolute Gasteiger partial charge is 0.491 e. The number of nitrogens with zero attached hydrogens (tertiary/aromatic N) is 1. The van der Waals surface area contributed by atoms with Crippen molar-refractivity contribution in [2.75, 3.05) is 38.8 Å². The number of benzene rings is 1. The molecule has 2 amide bonds. The summed E-state index contributed by atoms with van der Waals surface area (Å²) < 4.78 is 24.5. The summed E-state index contributed by atoms with van der Waals surface area (Å²) in [5.41, 5.74) is -0.0894. The number of ether oxygens (including phenoxy) is 2. The van der Waals surface area contributed by atoms with Gasteiger partial charge in [0.1, 0.15) is 23.0 Å². The van der Waals surface area contributed by atoms with Gasteiger partial charge in [0.15, 0.2) is 0 Å². The number of imide groups is 1. The molecular formula is C16H19FN2O5. The number of aliphatic hydroxyl groups is 1. The van der Waals surface area contributed by atoms with E-state index in [1.54, 1.807) is 13.2 Å². The molecule has 1 aliphatic heterocycles. The van der Waals surface area contributed by atoms with Crippen LogP contribution < -0.4 is 10.1 Å². The molecule has 0 saturated heterocycles. The van der Waals surface area contributed by atoms with Gasteiger partial charge in [-0.15, -0.1) is 0 Å². The van der Waals surface area contributed by atoms with Gasteiger partial charge in [0.2, 0.25) is 0 Å². The summed E-state index contributed by atoms with van der Waals surface area (Å²) in [7, 11) is 1.57. The molecule has 1 aromatic rings. The van der Waals surface area contributed by atoms with Gasteiger partial charge in [-0.2, -0.15) is 0 Å². The summed E-state index contributed by atoms with van der Waals surface area (Å²) in [6.45, 7) is 0.365. The van der Waals surface area contributed by atoms with Crippen LogP contribution in [0.2, 0.25) is 0 Å². The Bertz CT molecular complexity index is 647. The van der Waals surface area contributed by atoms with E-state index in [2.05, 4.69) is 5.32 Å². The van der Waals surface area contributed by atoms with Crippen molar-refractivity contribution in [1.29, 1.82) is 0 Å². The molecule has 130 valence electrons. The average Bonchev–Trinajstić information content (AvgIpc) is 2.82. The fraction of sp³-hybridized carbons (Fsp3) is 0.375. The van der Waals surface area contributed by atoms with Crippen molar-refractivity contribution >= 4 is 17.5 Å². The first-order chi connectivity index (χ1) is 11.6. The molecule has 1 aromatic carbocycles. The Hall–Kier alpha value is -2.45. The van der Waals surface area contributed by atoms with Gasteiger partial charge in [0.05, 0.1) is 19.8 Å². The van der Waals surface area contributed by atoms with Crippen LogP contribution in [0.25, 0.3) is 0 Å². The second-order valence-corrected chi connectivity index (χ2v) is 5.01. The van der Waals surface area contributed by atoms with Crippen molar-refractivity contribution in [3.05, 3.63) is 35.8 Å². The van der Waals surface area contributed by atoms with Gasteiger partial charge in [-0.3, -0.25) is 14.5 Å². The molecule has 1 heterocycles. The van der Waals surface area contributed by atoms with E-state index >= 15 is 0 Å². The van der Waals surface area contributed by atoms with Gasteiger partial charge in [-0.1, -0.05) is 6.07 Å². The lowest BCUT2D eigenvalue weighted by Crippen LogP contribution is -2.34. The van der Waals surface area contributed by atoms with E-state index in [0.717, 1.165) is 11.0 Å². The minimum absolute atomic E-state index is 0.0202. The maximum Gasteiger partial charge on any atom is 0.277 e. The van der Waals surface area contributed by atoms with Gasteiger partial charge >= 0.3 is 0 Å². The quantitative estimate of drug-likeness (QED) is 0.514. The highest BCUT2D eigenvalue weighted by Gasteiger charge is 2.31. The van der Waals surface area contributed by atoms with Crippen LogP contribution in [0.1, 0.15) is 6.42 Å². The number of β-amino-alcohol motifs (C(OH)–C–C–N with tert-alkyl or cyclic N) is 1. The lowest BCUT2D eigenvalue weighted by atomic mass is 10.2. The normalized spacial score (nSPS) is 14.1. The minimum atomic E-state index is -0.623. The maximum atomic E-state index is 14.1. The van der Waals surface area contributed by atoms with Crippen LogP contribution in [0.4, 0.5) is 10.1 Å². The number of halogens is 1. The SMILES string of the molecule is COCCCOc1cccc(F)c1NC1=CC(=O)N(CCO)C1=O. The fourth-order valence-electron chi connectivity index (χ4n) is 2.18. The van der Waals surface area contributed by atoms with Crippen molar-refractivity contribution in [3.8, 4) is 5.75 Å². The first-order valence-electron chi connectivity index (χ1n) is 7.44. The van der Waals surface area contributed by atoms with E-state index in [1.807, 2.05) is 0 Å². The number of carbonyl (C=O) groups excluding carboxylic acids is 2. The van der Waals surface area contributed by atoms with Crippen LogP contribution in [-0.2, 0) is 14.3 Å². The van der Waals surface area contributed by atoms with Gasteiger partial charge in [0.25, 0.3) is 11.8 Å². The van der Waals surface area contributed by atoms with Crippen molar-refractivity contribution < 1.29 is 28.6 Å². The first kappa shape index (κ1) is 17.9. The van der Waals surface area contributed by atoms with Gasteiger partial charge in [-0.25, -0.2) is 4.39 Å². The van der Waals surface area contributed by atoms with Crippen molar-refractivity contribution in [1.82, 2.24) is 4.90 Å². The average molecular weight is 338 g/mol.